The van der Waals surface area contributed by atoms with Gasteiger partial charge in [-0.05, 0) is 31.9 Å². The van der Waals surface area contributed by atoms with E-state index < -0.39 is 0 Å². The Labute approximate surface area is 106 Å². The van der Waals surface area contributed by atoms with Crippen LogP contribution in [0, 0.1) is 6.92 Å². The first kappa shape index (κ1) is 12.7. The molecule has 2 aromatic rings. The summed E-state index contributed by atoms with van der Waals surface area (Å²) in [7, 11) is 0. The maximum Gasteiger partial charge on any atom is 0.193 e. The van der Waals surface area contributed by atoms with E-state index in [-0.39, 0.29) is 5.43 Å². The molecule has 3 nitrogen and oxygen atoms in total. The molecule has 3 heteroatoms. The molecule has 0 unspecified atom stereocenters. The van der Waals surface area contributed by atoms with Gasteiger partial charge in [0.2, 0.25) is 0 Å². The molecule has 0 amide bonds. The van der Waals surface area contributed by atoms with Gasteiger partial charge in [-0.2, -0.15) is 0 Å². The van der Waals surface area contributed by atoms with Crippen molar-refractivity contribution in [3.63, 3.8) is 0 Å². The lowest BCUT2D eigenvalue weighted by Crippen LogP contribution is -2.04. The minimum atomic E-state index is 0.0280. The van der Waals surface area contributed by atoms with Gasteiger partial charge in [0.1, 0.15) is 17.1 Å². The molecule has 0 aliphatic rings. The van der Waals surface area contributed by atoms with Crippen molar-refractivity contribution in [3.05, 3.63) is 39.7 Å². The van der Waals surface area contributed by atoms with Crippen LogP contribution in [0.1, 0.15) is 31.6 Å². The standard InChI is InChI=1S/C15H18O3/c1-4-6-11-8-13(16)15-10(3)7-12(17-5-2)9-14(15)18-11/h7-9H,4-6H2,1-3H3. The second kappa shape index (κ2) is 5.25. The molecule has 0 atom stereocenters. The van der Waals surface area contributed by atoms with E-state index in [9.17, 15) is 4.79 Å². The molecule has 0 saturated heterocycles. The van der Waals surface area contributed by atoms with Gasteiger partial charge in [-0.3, -0.25) is 4.79 Å². The molecular weight excluding hydrogens is 228 g/mol. The van der Waals surface area contributed by atoms with Gasteiger partial charge in [-0.25, -0.2) is 0 Å². The van der Waals surface area contributed by atoms with Crippen LogP contribution in [-0.4, -0.2) is 6.61 Å². The second-order valence-corrected chi connectivity index (χ2v) is 4.37. The van der Waals surface area contributed by atoms with Crippen LogP contribution < -0.4 is 10.2 Å². The quantitative estimate of drug-likeness (QED) is 0.829. The van der Waals surface area contributed by atoms with E-state index >= 15 is 0 Å². The lowest BCUT2D eigenvalue weighted by atomic mass is 10.1. The minimum absolute atomic E-state index is 0.0280. The summed E-state index contributed by atoms with van der Waals surface area (Å²) in [5.74, 6) is 1.49. The van der Waals surface area contributed by atoms with Gasteiger partial charge >= 0.3 is 0 Å². The molecule has 0 saturated carbocycles. The van der Waals surface area contributed by atoms with Gasteiger partial charge in [0.15, 0.2) is 5.43 Å². The number of fused-ring (bicyclic) bond motifs is 1. The molecule has 1 heterocycles. The molecule has 0 aliphatic heterocycles. The Hall–Kier alpha value is -1.77. The lowest BCUT2D eigenvalue weighted by Gasteiger charge is -2.08. The number of hydrogen-bond acceptors (Lipinski definition) is 3. The van der Waals surface area contributed by atoms with Gasteiger partial charge in [0.05, 0.1) is 12.0 Å². The monoisotopic (exact) mass is 246 g/mol. The highest BCUT2D eigenvalue weighted by molar-refractivity contribution is 5.81. The first-order valence-corrected chi connectivity index (χ1v) is 6.35. The van der Waals surface area contributed by atoms with Crippen molar-refractivity contribution in [3.8, 4) is 5.75 Å². The minimum Gasteiger partial charge on any atom is -0.494 e. The molecule has 18 heavy (non-hydrogen) atoms. The van der Waals surface area contributed by atoms with E-state index in [2.05, 4.69) is 6.92 Å². The third-order valence-electron chi connectivity index (χ3n) is 2.86. The Morgan fingerprint density at radius 3 is 2.67 bits per heavy atom. The molecule has 0 N–H and O–H groups in total. The highest BCUT2D eigenvalue weighted by Crippen LogP contribution is 2.24. The number of aryl methyl sites for hydroxylation is 2. The number of rotatable bonds is 4. The van der Waals surface area contributed by atoms with Crippen molar-refractivity contribution in [1.82, 2.24) is 0 Å². The first-order chi connectivity index (χ1) is 8.65. The van der Waals surface area contributed by atoms with Crippen LogP contribution in [0.3, 0.4) is 0 Å². The summed E-state index contributed by atoms with van der Waals surface area (Å²) in [6.07, 6.45) is 1.74. The fourth-order valence-corrected chi connectivity index (χ4v) is 2.13. The predicted octanol–water partition coefficient (Wildman–Crippen LogP) is 3.45. The fraction of sp³-hybridized carbons (Fsp3) is 0.400. The van der Waals surface area contributed by atoms with E-state index in [0.717, 1.165) is 29.9 Å². The maximum atomic E-state index is 12.1. The van der Waals surface area contributed by atoms with E-state index in [1.807, 2.05) is 19.9 Å². The third kappa shape index (κ3) is 2.40. The zero-order chi connectivity index (χ0) is 13.1. The largest absolute Gasteiger partial charge is 0.494 e. The van der Waals surface area contributed by atoms with Crippen molar-refractivity contribution in [2.75, 3.05) is 6.61 Å². The first-order valence-electron chi connectivity index (χ1n) is 6.35. The predicted molar refractivity (Wildman–Crippen MR) is 72.4 cm³/mol. The second-order valence-electron chi connectivity index (χ2n) is 4.37. The van der Waals surface area contributed by atoms with Gasteiger partial charge in [0.25, 0.3) is 0 Å². The van der Waals surface area contributed by atoms with Gasteiger partial charge in [-0.15, -0.1) is 0 Å². The van der Waals surface area contributed by atoms with E-state index in [1.165, 1.54) is 0 Å². The van der Waals surface area contributed by atoms with E-state index in [1.54, 1.807) is 12.1 Å². The van der Waals surface area contributed by atoms with E-state index in [4.69, 9.17) is 9.15 Å². The summed E-state index contributed by atoms with van der Waals surface area (Å²) >= 11 is 0. The molecule has 0 aliphatic carbocycles. The zero-order valence-electron chi connectivity index (χ0n) is 11.1. The van der Waals surface area contributed by atoms with Crippen LogP contribution in [-0.2, 0) is 6.42 Å². The highest BCUT2D eigenvalue weighted by atomic mass is 16.5. The molecule has 0 radical (unpaired) electrons. The molecule has 96 valence electrons. The number of ether oxygens (including phenoxy) is 1. The summed E-state index contributed by atoms with van der Waals surface area (Å²) in [5.41, 5.74) is 1.54. The maximum absolute atomic E-state index is 12.1. The highest BCUT2D eigenvalue weighted by Gasteiger charge is 2.09. The molecule has 2 rings (SSSR count). The molecule has 0 fully saturated rings. The fourth-order valence-electron chi connectivity index (χ4n) is 2.13. The topological polar surface area (TPSA) is 39.4 Å². The molecule has 0 bridgehead atoms. The van der Waals surface area contributed by atoms with Crippen molar-refractivity contribution < 1.29 is 9.15 Å². The average molecular weight is 246 g/mol. The van der Waals surface area contributed by atoms with Crippen molar-refractivity contribution >= 4 is 11.0 Å². The van der Waals surface area contributed by atoms with Crippen LogP contribution in [0.2, 0.25) is 0 Å². The summed E-state index contributed by atoms with van der Waals surface area (Å²) in [5, 5.41) is 0.651. The van der Waals surface area contributed by atoms with Crippen LogP contribution in [0.5, 0.6) is 5.75 Å². The smallest absolute Gasteiger partial charge is 0.193 e. The van der Waals surface area contributed by atoms with Crippen LogP contribution in [0.4, 0.5) is 0 Å². The Bertz CT molecular complexity index is 606. The SMILES string of the molecule is CCCc1cc(=O)c2c(C)cc(OCC)cc2o1. The van der Waals surface area contributed by atoms with Gasteiger partial charge in [0, 0.05) is 18.6 Å². The Kier molecular flexibility index (Phi) is 3.70. The van der Waals surface area contributed by atoms with E-state index in [0.29, 0.717) is 17.6 Å². The average Bonchev–Trinajstić information content (AvgIpc) is 2.28. The Morgan fingerprint density at radius 2 is 2.00 bits per heavy atom. The summed E-state index contributed by atoms with van der Waals surface area (Å²) < 4.78 is 11.2. The van der Waals surface area contributed by atoms with Crippen LogP contribution in [0.15, 0.2) is 27.4 Å². The lowest BCUT2D eigenvalue weighted by molar-refractivity contribution is 0.340. The van der Waals surface area contributed by atoms with Crippen LogP contribution in [0.25, 0.3) is 11.0 Å². The summed E-state index contributed by atoms with van der Waals surface area (Å²) in [4.78, 5) is 12.1. The van der Waals surface area contributed by atoms with Crippen LogP contribution >= 0.6 is 0 Å². The van der Waals surface area contributed by atoms with Crippen molar-refractivity contribution in [1.29, 1.82) is 0 Å². The molecule has 1 aromatic heterocycles. The van der Waals surface area contributed by atoms with Crippen molar-refractivity contribution in [2.45, 2.75) is 33.6 Å². The van der Waals surface area contributed by atoms with Gasteiger partial charge in [-0.1, -0.05) is 6.92 Å². The zero-order valence-corrected chi connectivity index (χ0v) is 11.1. The Morgan fingerprint density at radius 1 is 1.22 bits per heavy atom. The van der Waals surface area contributed by atoms with Gasteiger partial charge < -0.3 is 9.15 Å². The summed E-state index contributed by atoms with van der Waals surface area (Å²) in [6.45, 7) is 6.50. The molecular formula is C15H18O3. The molecule has 1 aromatic carbocycles. The number of hydrogen-bond donors (Lipinski definition) is 0. The normalized spacial score (nSPS) is 10.8. The third-order valence-corrected chi connectivity index (χ3v) is 2.86. The number of benzene rings is 1. The molecule has 0 spiro atoms. The summed E-state index contributed by atoms with van der Waals surface area (Å²) in [6, 6.07) is 5.27. The van der Waals surface area contributed by atoms with Crippen molar-refractivity contribution in [2.24, 2.45) is 0 Å². The Balaban J connectivity index is 2.64.